The molecule has 21 heavy (non-hydrogen) atoms. The highest BCUT2D eigenvalue weighted by Gasteiger charge is 2.35. The van der Waals surface area contributed by atoms with Crippen LogP contribution in [0.4, 0.5) is 4.79 Å². The van der Waals surface area contributed by atoms with Crippen molar-refractivity contribution in [1.29, 1.82) is 0 Å². The minimum Gasteiger partial charge on any atom is -0.481 e. The lowest BCUT2D eigenvalue weighted by Gasteiger charge is -2.35. The van der Waals surface area contributed by atoms with Crippen LogP contribution in [0.5, 0.6) is 0 Å². The van der Waals surface area contributed by atoms with Gasteiger partial charge in [-0.2, -0.15) is 0 Å². The monoisotopic (exact) mass is 299 g/mol. The molecule has 0 bridgehead atoms. The minimum atomic E-state index is -0.906. The molecule has 7 nitrogen and oxygen atoms in total. The first kappa shape index (κ1) is 17.3. The molecule has 1 rings (SSSR count). The van der Waals surface area contributed by atoms with E-state index in [2.05, 4.69) is 5.32 Å². The third kappa shape index (κ3) is 4.09. The lowest BCUT2D eigenvalue weighted by molar-refractivity contribution is -0.149. The van der Waals surface area contributed by atoms with Gasteiger partial charge in [0.25, 0.3) is 0 Å². The van der Waals surface area contributed by atoms with Gasteiger partial charge < -0.3 is 20.2 Å². The molecule has 1 aliphatic heterocycles. The number of nitrogens with one attached hydrogen (secondary N) is 1. The van der Waals surface area contributed by atoms with Crippen LogP contribution in [0.1, 0.15) is 33.6 Å². The number of amides is 3. The van der Waals surface area contributed by atoms with Gasteiger partial charge in [0.2, 0.25) is 5.91 Å². The Labute approximate surface area is 125 Å². The van der Waals surface area contributed by atoms with Crippen molar-refractivity contribution in [2.75, 3.05) is 32.7 Å². The Hall–Kier alpha value is -1.79. The summed E-state index contributed by atoms with van der Waals surface area (Å²) in [6.45, 7) is 7.27. The lowest BCUT2D eigenvalue weighted by Crippen LogP contribution is -2.54. The molecule has 120 valence electrons. The largest absolute Gasteiger partial charge is 0.481 e. The Kier molecular flexibility index (Phi) is 5.99. The van der Waals surface area contributed by atoms with Gasteiger partial charge in [0, 0.05) is 39.6 Å². The highest BCUT2D eigenvalue weighted by molar-refractivity contribution is 5.78. The van der Waals surface area contributed by atoms with Gasteiger partial charge in [-0.15, -0.1) is 0 Å². The number of hydrogen-bond acceptors (Lipinski definition) is 3. The van der Waals surface area contributed by atoms with E-state index in [-0.39, 0.29) is 18.5 Å². The van der Waals surface area contributed by atoms with Crippen LogP contribution in [0.2, 0.25) is 0 Å². The van der Waals surface area contributed by atoms with E-state index in [0.717, 1.165) is 0 Å². The number of piperazine rings is 1. The summed E-state index contributed by atoms with van der Waals surface area (Å²) in [5.41, 5.74) is -0.906. The average Bonchev–Trinajstić information content (AvgIpc) is 2.48. The first-order valence-electron chi connectivity index (χ1n) is 7.38. The predicted octanol–water partition coefficient (Wildman–Crippen LogP) is 0.751. The quantitative estimate of drug-likeness (QED) is 0.784. The summed E-state index contributed by atoms with van der Waals surface area (Å²) < 4.78 is 0. The van der Waals surface area contributed by atoms with Gasteiger partial charge >= 0.3 is 12.0 Å². The second kappa shape index (κ2) is 7.28. The van der Waals surface area contributed by atoms with Crippen molar-refractivity contribution in [3.63, 3.8) is 0 Å². The fourth-order valence-electron chi connectivity index (χ4n) is 2.46. The van der Waals surface area contributed by atoms with Gasteiger partial charge in [-0.3, -0.25) is 9.59 Å². The first-order chi connectivity index (χ1) is 9.86. The number of rotatable bonds is 5. The van der Waals surface area contributed by atoms with E-state index in [9.17, 15) is 19.5 Å². The fraction of sp³-hybridized carbons (Fsp3) is 0.786. The summed E-state index contributed by atoms with van der Waals surface area (Å²) in [4.78, 5) is 38.0. The van der Waals surface area contributed by atoms with E-state index in [1.807, 2.05) is 13.8 Å². The van der Waals surface area contributed by atoms with E-state index in [1.165, 1.54) is 6.92 Å². The summed E-state index contributed by atoms with van der Waals surface area (Å²) in [5.74, 6) is -0.869. The van der Waals surface area contributed by atoms with Crippen LogP contribution in [0.15, 0.2) is 0 Å². The Morgan fingerprint density at radius 2 is 1.52 bits per heavy atom. The van der Waals surface area contributed by atoms with E-state index in [0.29, 0.717) is 39.0 Å². The number of carboxylic acids is 1. The third-order valence-electron chi connectivity index (χ3n) is 4.40. The number of carbonyl (C=O) groups is 3. The van der Waals surface area contributed by atoms with Crippen LogP contribution in [0.25, 0.3) is 0 Å². The van der Waals surface area contributed by atoms with Gasteiger partial charge in [0.15, 0.2) is 0 Å². The first-order valence-corrected chi connectivity index (χ1v) is 7.38. The molecule has 0 aliphatic carbocycles. The Morgan fingerprint density at radius 1 is 1.05 bits per heavy atom. The zero-order valence-electron chi connectivity index (χ0n) is 13.0. The Balaban J connectivity index is 2.51. The molecular formula is C14H25N3O4. The maximum absolute atomic E-state index is 12.1. The van der Waals surface area contributed by atoms with Crippen LogP contribution < -0.4 is 5.32 Å². The van der Waals surface area contributed by atoms with Crippen molar-refractivity contribution in [3.05, 3.63) is 0 Å². The smallest absolute Gasteiger partial charge is 0.317 e. The summed E-state index contributed by atoms with van der Waals surface area (Å²) in [7, 11) is 0. The molecule has 1 heterocycles. The molecule has 0 unspecified atom stereocenters. The van der Waals surface area contributed by atoms with Crippen LogP contribution >= 0.6 is 0 Å². The van der Waals surface area contributed by atoms with Crippen molar-refractivity contribution in [2.24, 2.45) is 5.41 Å². The minimum absolute atomic E-state index is 0.0110. The van der Waals surface area contributed by atoms with E-state index in [4.69, 9.17) is 0 Å². The molecule has 1 aliphatic rings. The van der Waals surface area contributed by atoms with Crippen molar-refractivity contribution >= 4 is 17.9 Å². The summed E-state index contributed by atoms with van der Waals surface area (Å²) in [6, 6.07) is -0.259. The fourth-order valence-corrected chi connectivity index (χ4v) is 2.46. The van der Waals surface area contributed by atoms with Gasteiger partial charge in [-0.25, -0.2) is 4.79 Å². The molecule has 7 heteroatoms. The molecule has 0 saturated carbocycles. The van der Waals surface area contributed by atoms with Crippen LogP contribution in [-0.2, 0) is 9.59 Å². The van der Waals surface area contributed by atoms with Crippen LogP contribution in [-0.4, -0.2) is 65.5 Å². The summed E-state index contributed by atoms with van der Waals surface area (Å²) >= 11 is 0. The number of carboxylic acid groups (broad SMARTS) is 1. The highest BCUT2D eigenvalue weighted by Crippen LogP contribution is 2.25. The van der Waals surface area contributed by atoms with Crippen LogP contribution in [0, 0.1) is 5.41 Å². The topological polar surface area (TPSA) is 90.0 Å². The maximum atomic E-state index is 12.1. The molecule has 1 saturated heterocycles. The van der Waals surface area contributed by atoms with Crippen LogP contribution in [0.3, 0.4) is 0 Å². The molecule has 0 atom stereocenters. The third-order valence-corrected chi connectivity index (χ3v) is 4.40. The molecule has 0 spiro atoms. The number of urea groups is 1. The molecule has 0 aromatic carbocycles. The van der Waals surface area contributed by atoms with Gasteiger partial charge in [-0.1, -0.05) is 13.8 Å². The zero-order chi connectivity index (χ0) is 16.0. The normalized spacial score (nSPS) is 15.8. The second-order valence-corrected chi connectivity index (χ2v) is 5.44. The SMILES string of the molecule is CCC(CC)(CNC(=O)N1CCN(C(C)=O)CC1)C(=O)O. The molecule has 0 aromatic heterocycles. The number of aliphatic carboxylic acids is 1. The number of carbonyl (C=O) groups excluding carboxylic acids is 2. The maximum Gasteiger partial charge on any atom is 0.317 e. The zero-order valence-corrected chi connectivity index (χ0v) is 13.0. The summed E-state index contributed by atoms with van der Waals surface area (Å²) in [6.07, 6.45) is 0.939. The molecule has 1 fully saturated rings. The highest BCUT2D eigenvalue weighted by atomic mass is 16.4. The Morgan fingerprint density at radius 3 is 1.90 bits per heavy atom. The van der Waals surface area contributed by atoms with E-state index >= 15 is 0 Å². The van der Waals surface area contributed by atoms with E-state index < -0.39 is 11.4 Å². The lowest BCUT2D eigenvalue weighted by atomic mass is 9.82. The predicted molar refractivity (Wildman–Crippen MR) is 77.9 cm³/mol. The molecule has 2 N–H and O–H groups in total. The number of nitrogens with zero attached hydrogens (tertiary/aromatic N) is 2. The van der Waals surface area contributed by atoms with Gasteiger partial charge in [-0.05, 0) is 12.8 Å². The average molecular weight is 299 g/mol. The van der Waals surface area contributed by atoms with Crippen molar-refractivity contribution in [3.8, 4) is 0 Å². The molecule has 3 amide bonds. The van der Waals surface area contributed by atoms with Gasteiger partial charge in [0.1, 0.15) is 0 Å². The molecule has 0 aromatic rings. The van der Waals surface area contributed by atoms with Crippen molar-refractivity contribution in [2.45, 2.75) is 33.6 Å². The van der Waals surface area contributed by atoms with Gasteiger partial charge in [0.05, 0.1) is 5.41 Å². The second-order valence-electron chi connectivity index (χ2n) is 5.44. The Bertz CT molecular complexity index is 399. The number of hydrogen-bond donors (Lipinski definition) is 2. The molecule has 0 radical (unpaired) electrons. The standard InChI is InChI=1S/C14H25N3O4/c1-4-14(5-2,12(19)20)10-15-13(21)17-8-6-16(7-9-17)11(3)18/h4-10H2,1-3H3,(H,15,21)(H,19,20). The van der Waals surface area contributed by atoms with E-state index in [1.54, 1.807) is 9.80 Å². The summed E-state index contributed by atoms with van der Waals surface area (Å²) in [5, 5.41) is 12.1. The molecular weight excluding hydrogens is 274 g/mol. The van der Waals surface area contributed by atoms with Crippen molar-refractivity contribution < 1.29 is 19.5 Å². The van der Waals surface area contributed by atoms with Crippen molar-refractivity contribution in [1.82, 2.24) is 15.1 Å².